The average Bonchev–Trinajstić information content (AvgIpc) is 2.63. The fourth-order valence-electron chi connectivity index (χ4n) is 2.36. The zero-order valence-electron chi connectivity index (χ0n) is 16.8. The van der Waals surface area contributed by atoms with E-state index in [0.29, 0.717) is 52.9 Å². The summed E-state index contributed by atoms with van der Waals surface area (Å²) in [6, 6.07) is 0. The van der Waals surface area contributed by atoms with Gasteiger partial charge in [-0.25, -0.2) is 0 Å². The minimum Gasteiger partial charge on any atom is -0.379 e. The molecule has 0 radical (unpaired) electrons. The maximum Gasteiger partial charge on any atom is 0.0701 e. The number of hydrogen-bond acceptors (Lipinski definition) is 5. The highest BCUT2D eigenvalue weighted by atomic mass is 16.6. The van der Waals surface area contributed by atoms with Crippen LogP contribution in [-0.2, 0) is 23.7 Å². The Labute approximate surface area is 155 Å². The van der Waals surface area contributed by atoms with E-state index in [-0.39, 0.29) is 0 Å². The second kappa shape index (κ2) is 23.8. The van der Waals surface area contributed by atoms with Gasteiger partial charge in [0.1, 0.15) is 0 Å². The lowest BCUT2D eigenvalue weighted by molar-refractivity contribution is -0.0104. The highest BCUT2D eigenvalue weighted by Gasteiger charge is 1.94. The van der Waals surface area contributed by atoms with Crippen LogP contribution in [0, 0.1) is 0 Å². The lowest BCUT2D eigenvalue weighted by Crippen LogP contribution is -2.13. The van der Waals surface area contributed by atoms with Crippen LogP contribution < -0.4 is 0 Å². The Kier molecular flexibility index (Phi) is 23.6. The molecule has 0 aliphatic rings. The molecule has 0 N–H and O–H groups in total. The largest absolute Gasteiger partial charge is 0.379 e. The Balaban J connectivity index is 2.94. The first-order chi connectivity index (χ1) is 12.4. The molecule has 0 saturated heterocycles. The van der Waals surface area contributed by atoms with Crippen molar-refractivity contribution in [3.63, 3.8) is 0 Å². The first-order valence-corrected chi connectivity index (χ1v) is 10.3. The van der Waals surface area contributed by atoms with E-state index in [1.165, 1.54) is 51.4 Å². The molecule has 0 bridgehead atoms. The van der Waals surface area contributed by atoms with E-state index < -0.39 is 0 Å². The maximum atomic E-state index is 5.57. The number of hydrogen-bond donors (Lipinski definition) is 0. The summed E-state index contributed by atoms with van der Waals surface area (Å²) < 4.78 is 27.0. The minimum absolute atomic E-state index is 0.602. The molecule has 0 unspecified atom stereocenters. The van der Waals surface area contributed by atoms with Gasteiger partial charge in [-0.3, -0.25) is 0 Å². The van der Waals surface area contributed by atoms with Gasteiger partial charge in [-0.15, -0.1) is 0 Å². The Morgan fingerprint density at radius 1 is 0.360 bits per heavy atom. The average molecular weight is 363 g/mol. The topological polar surface area (TPSA) is 46.2 Å². The monoisotopic (exact) mass is 362 g/mol. The van der Waals surface area contributed by atoms with E-state index >= 15 is 0 Å². The predicted octanol–water partition coefficient (Wildman–Crippen LogP) is 4.23. The zero-order chi connectivity index (χ0) is 18.3. The molecule has 0 aromatic rings. The summed E-state index contributed by atoms with van der Waals surface area (Å²) in [6.07, 6.45) is 10.7. The minimum atomic E-state index is 0.602. The van der Waals surface area contributed by atoms with Crippen LogP contribution in [0.2, 0.25) is 0 Å². The van der Waals surface area contributed by atoms with Crippen LogP contribution in [0.25, 0.3) is 0 Å². The molecular formula is C20H42O5. The molecule has 0 amide bonds. The number of rotatable bonds is 22. The van der Waals surface area contributed by atoms with Crippen molar-refractivity contribution in [3.05, 3.63) is 0 Å². The van der Waals surface area contributed by atoms with Crippen molar-refractivity contribution in [1.82, 2.24) is 0 Å². The van der Waals surface area contributed by atoms with E-state index in [0.717, 1.165) is 13.2 Å². The molecule has 152 valence electrons. The van der Waals surface area contributed by atoms with Crippen molar-refractivity contribution in [3.8, 4) is 0 Å². The quantitative estimate of drug-likeness (QED) is 0.270. The van der Waals surface area contributed by atoms with Crippen LogP contribution in [0.3, 0.4) is 0 Å². The molecule has 0 atom stereocenters. The van der Waals surface area contributed by atoms with E-state index in [1.54, 1.807) is 0 Å². The van der Waals surface area contributed by atoms with Crippen molar-refractivity contribution in [2.75, 3.05) is 66.1 Å². The van der Waals surface area contributed by atoms with E-state index in [2.05, 4.69) is 6.92 Å². The third-order valence-electron chi connectivity index (χ3n) is 3.83. The standard InChI is InChI=1S/C20H42O5/c1-3-5-6-7-8-9-10-11-12-22-15-16-24-19-20-25-18-17-23-14-13-21-4-2/h3-20H2,1-2H3. The molecule has 0 rings (SSSR count). The van der Waals surface area contributed by atoms with Crippen molar-refractivity contribution in [1.29, 1.82) is 0 Å². The molecule has 0 heterocycles. The highest BCUT2D eigenvalue weighted by Crippen LogP contribution is 2.08. The van der Waals surface area contributed by atoms with Gasteiger partial charge in [0.25, 0.3) is 0 Å². The fraction of sp³-hybridized carbons (Fsp3) is 1.00. The Hall–Kier alpha value is -0.200. The lowest BCUT2D eigenvalue weighted by atomic mass is 10.1. The molecule has 0 aromatic heterocycles. The summed E-state index contributed by atoms with van der Waals surface area (Å²) in [5.74, 6) is 0. The summed E-state index contributed by atoms with van der Waals surface area (Å²) in [5.41, 5.74) is 0. The molecular weight excluding hydrogens is 320 g/mol. The van der Waals surface area contributed by atoms with Gasteiger partial charge in [-0.1, -0.05) is 51.9 Å². The van der Waals surface area contributed by atoms with Gasteiger partial charge in [0, 0.05) is 13.2 Å². The first kappa shape index (κ1) is 24.8. The molecule has 0 aliphatic heterocycles. The number of ether oxygens (including phenoxy) is 5. The van der Waals surface area contributed by atoms with Gasteiger partial charge in [0.2, 0.25) is 0 Å². The van der Waals surface area contributed by atoms with E-state index in [1.807, 2.05) is 6.92 Å². The van der Waals surface area contributed by atoms with Crippen molar-refractivity contribution >= 4 is 0 Å². The third-order valence-corrected chi connectivity index (χ3v) is 3.83. The van der Waals surface area contributed by atoms with Crippen molar-refractivity contribution in [2.45, 2.75) is 65.2 Å². The Bertz CT molecular complexity index is 204. The van der Waals surface area contributed by atoms with Crippen LogP contribution in [-0.4, -0.2) is 66.1 Å². The van der Waals surface area contributed by atoms with Crippen molar-refractivity contribution < 1.29 is 23.7 Å². The molecule has 0 aromatic carbocycles. The van der Waals surface area contributed by atoms with Gasteiger partial charge >= 0.3 is 0 Å². The van der Waals surface area contributed by atoms with Gasteiger partial charge < -0.3 is 23.7 Å². The molecule has 0 saturated carbocycles. The molecule has 5 nitrogen and oxygen atoms in total. The van der Waals surface area contributed by atoms with Crippen molar-refractivity contribution in [2.24, 2.45) is 0 Å². The summed E-state index contributed by atoms with van der Waals surface area (Å²) in [4.78, 5) is 0. The summed E-state index contributed by atoms with van der Waals surface area (Å²) in [7, 11) is 0. The van der Waals surface area contributed by atoms with Crippen LogP contribution in [0.1, 0.15) is 65.2 Å². The third kappa shape index (κ3) is 23.8. The van der Waals surface area contributed by atoms with Gasteiger partial charge in [-0.05, 0) is 13.3 Å². The van der Waals surface area contributed by atoms with E-state index in [9.17, 15) is 0 Å². The molecule has 0 spiro atoms. The molecule has 25 heavy (non-hydrogen) atoms. The lowest BCUT2D eigenvalue weighted by Gasteiger charge is -2.07. The Morgan fingerprint density at radius 3 is 1.16 bits per heavy atom. The highest BCUT2D eigenvalue weighted by molar-refractivity contribution is 4.46. The van der Waals surface area contributed by atoms with Crippen LogP contribution in [0.4, 0.5) is 0 Å². The normalized spacial score (nSPS) is 11.3. The van der Waals surface area contributed by atoms with Gasteiger partial charge in [-0.2, -0.15) is 0 Å². The van der Waals surface area contributed by atoms with Gasteiger partial charge in [0.15, 0.2) is 0 Å². The second-order valence-corrected chi connectivity index (χ2v) is 6.12. The Morgan fingerprint density at radius 2 is 0.720 bits per heavy atom. The van der Waals surface area contributed by atoms with E-state index in [4.69, 9.17) is 23.7 Å². The van der Waals surface area contributed by atoms with Crippen LogP contribution in [0.5, 0.6) is 0 Å². The summed E-state index contributed by atoms with van der Waals surface area (Å²) >= 11 is 0. The van der Waals surface area contributed by atoms with Crippen LogP contribution in [0.15, 0.2) is 0 Å². The predicted molar refractivity (Wildman–Crippen MR) is 102 cm³/mol. The zero-order valence-corrected chi connectivity index (χ0v) is 16.8. The fourth-order valence-corrected chi connectivity index (χ4v) is 2.36. The smallest absolute Gasteiger partial charge is 0.0701 e. The maximum absolute atomic E-state index is 5.57. The van der Waals surface area contributed by atoms with Gasteiger partial charge in [0.05, 0.1) is 52.9 Å². The molecule has 0 aliphatic carbocycles. The second-order valence-electron chi connectivity index (χ2n) is 6.12. The summed E-state index contributed by atoms with van der Waals surface area (Å²) in [5, 5.41) is 0. The molecule has 5 heteroatoms. The summed E-state index contributed by atoms with van der Waals surface area (Å²) in [6.45, 7) is 10.9. The molecule has 0 fully saturated rings. The van der Waals surface area contributed by atoms with Crippen LogP contribution >= 0.6 is 0 Å². The number of unbranched alkanes of at least 4 members (excludes halogenated alkanes) is 7. The first-order valence-electron chi connectivity index (χ1n) is 10.3. The SMILES string of the molecule is CCCCCCCCCCOCCOCCOCCOCCOCC.